The number of aromatic amines is 2. The number of rotatable bonds is 8. The van der Waals surface area contributed by atoms with E-state index in [4.69, 9.17) is 5.73 Å². The number of carbonyl (C=O) groups excluding carboxylic acids is 2. The average Bonchev–Trinajstić information content (AvgIpc) is 3.76. The van der Waals surface area contributed by atoms with Gasteiger partial charge < -0.3 is 25.5 Å². The van der Waals surface area contributed by atoms with Gasteiger partial charge in [-0.1, -0.05) is 62.4 Å². The summed E-state index contributed by atoms with van der Waals surface area (Å²) in [5.74, 6) is 1.92. The number of amides is 2. The molecule has 0 bridgehead atoms. The highest BCUT2D eigenvalue weighted by Crippen LogP contribution is 2.33. The van der Waals surface area contributed by atoms with E-state index in [2.05, 4.69) is 68.5 Å². The number of aromatic nitrogens is 4. The van der Waals surface area contributed by atoms with Gasteiger partial charge in [-0.3, -0.25) is 9.59 Å². The summed E-state index contributed by atoms with van der Waals surface area (Å²) in [7, 11) is 0. The molecule has 2 aromatic carbocycles. The summed E-state index contributed by atoms with van der Waals surface area (Å²) in [4.78, 5) is 44.7. The van der Waals surface area contributed by atoms with E-state index >= 15 is 0 Å². The second kappa shape index (κ2) is 11.9. The molecule has 0 unspecified atom stereocenters. The molecule has 0 aliphatic carbocycles. The van der Waals surface area contributed by atoms with E-state index in [1.165, 1.54) is 0 Å². The highest BCUT2D eigenvalue weighted by Gasteiger charge is 2.32. The van der Waals surface area contributed by atoms with E-state index in [0.717, 1.165) is 84.1 Å². The first-order chi connectivity index (χ1) is 20.4. The first-order valence-electron chi connectivity index (χ1n) is 14.9. The summed E-state index contributed by atoms with van der Waals surface area (Å²) in [5.41, 5.74) is 12.1. The molecule has 6 rings (SSSR count). The van der Waals surface area contributed by atoms with Gasteiger partial charge in [-0.25, -0.2) is 9.97 Å². The molecule has 2 aliphatic rings. The zero-order valence-corrected chi connectivity index (χ0v) is 24.2. The largest absolute Gasteiger partial charge is 0.341 e. The minimum Gasteiger partial charge on any atom is -0.341 e. The molecule has 2 aliphatic heterocycles. The van der Waals surface area contributed by atoms with Crippen molar-refractivity contribution in [3.63, 3.8) is 0 Å². The van der Waals surface area contributed by atoms with E-state index in [1.807, 2.05) is 31.1 Å². The molecule has 4 N–H and O–H groups in total. The second-order valence-corrected chi connectivity index (χ2v) is 11.7. The Morgan fingerprint density at radius 1 is 0.905 bits per heavy atom. The quantitative estimate of drug-likeness (QED) is 0.274. The van der Waals surface area contributed by atoms with Gasteiger partial charge in [0.2, 0.25) is 11.8 Å². The topological polar surface area (TPSA) is 124 Å². The molecule has 2 amide bonds. The van der Waals surface area contributed by atoms with Crippen molar-refractivity contribution in [1.82, 2.24) is 29.7 Å². The summed E-state index contributed by atoms with van der Waals surface area (Å²) >= 11 is 0. The van der Waals surface area contributed by atoms with Crippen LogP contribution in [0.15, 0.2) is 60.9 Å². The van der Waals surface area contributed by atoms with Crippen LogP contribution in [-0.2, 0) is 16.1 Å². The second-order valence-electron chi connectivity index (χ2n) is 11.7. The fourth-order valence-electron chi connectivity index (χ4n) is 5.93. The van der Waals surface area contributed by atoms with Crippen LogP contribution in [0, 0.1) is 12.3 Å². The molecular formula is C33H38N7O2. The monoisotopic (exact) mass is 564 g/mol. The summed E-state index contributed by atoms with van der Waals surface area (Å²) in [6.45, 7) is 5.99. The number of nitrogens with two attached hydrogens (primary N) is 1. The predicted molar refractivity (Wildman–Crippen MR) is 162 cm³/mol. The maximum absolute atomic E-state index is 12.7. The zero-order valence-electron chi connectivity index (χ0n) is 24.2. The molecule has 2 fully saturated rings. The van der Waals surface area contributed by atoms with Crippen molar-refractivity contribution in [3.05, 3.63) is 79.0 Å². The Hall–Kier alpha value is -4.24. The highest BCUT2D eigenvalue weighted by atomic mass is 16.2. The number of piperidine rings is 1. The van der Waals surface area contributed by atoms with E-state index in [9.17, 15) is 9.59 Å². The first kappa shape index (κ1) is 27.9. The lowest BCUT2D eigenvalue weighted by molar-refractivity contribution is -0.135. The molecule has 2 atom stereocenters. The van der Waals surface area contributed by atoms with Crippen LogP contribution in [0.3, 0.4) is 0 Å². The SMILES string of the molecule is CC(C)[CH]C(=O)N1CCC[C@H]1c1ncc(-c2ccc(-c3ccc(-c4cnc(CN5CCC[C@H](N)C5=O)[nH]4)cc3)cc2)[nH]1. The molecule has 9 heteroatoms. The Kier molecular flexibility index (Phi) is 7.93. The van der Waals surface area contributed by atoms with Crippen molar-refractivity contribution in [3.8, 4) is 33.6 Å². The maximum atomic E-state index is 12.7. The number of likely N-dealkylation sites (tertiary alicyclic amines) is 2. The van der Waals surface area contributed by atoms with Crippen LogP contribution in [0.25, 0.3) is 33.6 Å². The molecule has 42 heavy (non-hydrogen) atoms. The molecular weight excluding hydrogens is 526 g/mol. The van der Waals surface area contributed by atoms with Gasteiger partial charge in [0.1, 0.15) is 11.6 Å². The fourth-order valence-corrected chi connectivity index (χ4v) is 5.93. The number of hydrogen-bond donors (Lipinski definition) is 3. The van der Waals surface area contributed by atoms with E-state index in [-0.39, 0.29) is 23.8 Å². The summed E-state index contributed by atoms with van der Waals surface area (Å²) in [6.07, 6.45) is 9.04. The van der Waals surface area contributed by atoms with Crippen molar-refractivity contribution >= 4 is 11.8 Å². The average molecular weight is 565 g/mol. The van der Waals surface area contributed by atoms with Crippen LogP contribution in [0.2, 0.25) is 0 Å². The van der Waals surface area contributed by atoms with Gasteiger partial charge in [0.25, 0.3) is 0 Å². The lowest BCUT2D eigenvalue weighted by atomic mass is 10.0. The van der Waals surface area contributed by atoms with Gasteiger partial charge >= 0.3 is 0 Å². The fraction of sp³-hybridized carbons (Fsp3) is 0.364. The summed E-state index contributed by atoms with van der Waals surface area (Å²) in [5, 5.41) is 0. The molecule has 0 spiro atoms. The van der Waals surface area contributed by atoms with Gasteiger partial charge in [0.15, 0.2) is 0 Å². The number of imidazole rings is 2. The molecule has 2 saturated heterocycles. The van der Waals surface area contributed by atoms with Crippen LogP contribution < -0.4 is 5.73 Å². The van der Waals surface area contributed by atoms with Crippen molar-refractivity contribution in [2.24, 2.45) is 11.7 Å². The Bertz CT molecular complexity index is 1540. The van der Waals surface area contributed by atoms with E-state index in [0.29, 0.717) is 6.54 Å². The number of carbonyl (C=O) groups is 2. The minimum atomic E-state index is -0.403. The van der Waals surface area contributed by atoms with Gasteiger partial charge in [-0.15, -0.1) is 0 Å². The summed E-state index contributed by atoms with van der Waals surface area (Å²) in [6, 6.07) is 16.4. The molecule has 1 radical (unpaired) electrons. The maximum Gasteiger partial charge on any atom is 0.239 e. The van der Waals surface area contributed by atoms with Crippen molar-refractivity contribution < 1.29 is 9.59 Å². The third-order valence-corrected chi connectivity index (χ3v) is 8.19. The van der Waals surface area contributed by atoms with Gasteiger partial charge in [-0.2, -0.15) is 0 Å². The standard InChI is InChI=1S/C33H38N7O2/c1-21(2)17-31(41)40-16-4-6-29(40)32-36-19-28(38-32)25-13-9-23(10-14-25)22-7-11-24(12-8-22)27-18-35-30(37-27)20-39-15-3-5-26(34)33(39)42/h7-14,17-19,21,26,29H,3-6,15-16,20,34H2,1-2H3,(H,35,37)(H,36,38)/t26-,29-/m0/s1. The van der Waals surface area contributed by atoms with Gasteiger partial charge in [0, 0.05) is 13.1 Å². The van der Waals surface area contributed by atoms with Crippen molar-refractivity contribution in [2.75, 3.05) is 13.1 Å². The van der Waals surface area contributed by atoms with Crippen LogP contribution in [-0.4, -0.2) is 60.7 Å². The molecule has 4 aromatic rings. The van der Waals surface area contributed by atoms with Gasteiger partial charge in [0.05, 0.1) is 48.8 Å². The summed E-state index contributed by atoms with van der Waals surface area (Å²) < 4.78 is 0. The zero-order chi connectivity index (χ0) is 29.2. The number of benzene rings is 2. The highest BCUT2D eigenvalue weighted by molar-refractivity contribution is 5.85. The lowest BCUT2D eigenvalue weighted by Crippen LogP contribution is -2.47. The third kappa shape index (κ3) is 5.87. The van der Waals surface area contributed by atoms with E-state index < -0.39 is 6.04 Å². The minimum absolute atomic E-state index is 0.00412. The smallest absolute Gasteiger partial charge is 0.239 e. The lowest BCUT2D eigenvalue weighted by Gasteiger charge is -2.29. The molecule has 0 saturated carbocycles. The Balaban J connectivity index is 1.10. The van der Waals surface area contributed by atoms with E-state index in [1.54, 1.807) is 11.3 Å². The molecule has 9 nitrogen and oxygen atoms in total. The number of hydrogen-bond acceptors (Lipinski definition) is 5. The Morgan fingerprint density at radius 2 is 1.50 bits per heavy atom. The number of nitrogens with one attached hydrogen (secondary N) is 2. The third-order valence-electron chi connectivity index (χ3n) is 8.19. The molecule has 4 heterocycles. The first-order valence-corrected chi connectivity index (χ1v) is 14.9. The van der Waals surface area contributed by atoms with Crippen LogP contribution in [0.1, 0.15) is 57.2 Å². The van der Waals surface area contributed by atoms with Crippen LogP contribution in [0.5, 0.6) is 0 Å². The van der Waals surface area contributed by atoms with Crippen molar-refractivity contribution in [1.29, 1.82) is 0 Å². The molecule has 2 aromatic heterocycles. The van der Waals surface area contributed by atoms with Gasteiger partial charge in [-0.05, 0) is 53.9 Å². The van der Waals surface area contributed by atoms with Crippen molar-refractivity contribution in [2.45, 2.75) is 58.2 Å². The Labute approximate surface area is 246 Å². The van der Waals surface area contributed by atoms with Crippen LogP contribution in [0.4, 0.5) is 0 Å². The number of nitrogens with zero attached hydrogens (tertiary/aromatic N) is 4. The predicted octanol–water partition coefficient (Wildman–Crippen LogP) is 5.11. The number of H-pyrrole nitrogens is 2. The Morgan fingerprint density at radius 3 is 2.17 bits per heavy atom. The molecule has 217 valence electrons. The van der Waals surface area contributed by atoms with Crippen LogP contribution >= 0.6 is 0 Å². The normalized spacial score (nSPS) is 19.2.